The maximum atomic E-state index is 10.9. The average Bonchev–Trinajstić information content (AvgIpc) is 2.17. The number of hydrogen-bond donors (Lipinski definition) is 1. The number of aryl methyl sites for hydroxylation is 1. The van der Waals surface area contributed by atoms with Crippen molar-refractivity contribution in [2.45, 2.75) is 11.8 Å². The predicted molar refractivity (Wildman–Crippen MR) is 52.9 cm³/mol. The van der Waals surface area contributed by atoms with Crippen LogP contribution in [0.15, 0.2) is 29.4 Å². The Bertz CT molecular complexity index is 556. The lowest BCUT2D eigenvalue weighted by Gasteiger charge is -2.00. The molecule has 0 saturated carbocycles. The predicted octanol–water partition coefficient (Wildman–Crippen LogP) is 0.909. The van der Waals surface area contributed by atoms with Crippen LogP contribution in [0.4, 0.5) is 0 Å². The zero-order valence-corrected chi connectivity index (χ0v) is 8.36. The lowest BCUT2D eigenvalue weighted by Crippen LogP contribution is -1.91. The summed E-state index contributed by atoms with van der Waals surface area (Å²) in [5.41, 5.74) is 1.28. The van der Waals surface area contributed by atoms with Crippen molar-refractivity contribution >= 4 is 21.6 Å². The van der Waals surface area contributed by atoms with Crippen LogP contribution in [0.3, 0.4) is 0 Å². The molecule has 0 aliphatic rings. The maximum absolute atomic E-state index is 10.9. The SMILES string of the molecule is Cc1ncnc2c([SH](=O)=O)cccc12. The molecule has 0 aliphatic heterocycles. The third-order valence-corrected chi connectivity index (χ3v) is 2.79. The summed E-state index contributed by atoms with van der Waals surface area (Å²) in [6.07, 6.45) is 1.38. The van der Waals surface area contributed by atoms with E-state index in [0.717, 1.165) is 11.1 Å². The zero-order chi connectivity index (χ0) is 10.1. The highest BCUT2D eigenvalue weighted by molar-refractivity contribution is 7.72. The van der Waals surface area contributed by atoms with E-state index >= 15 is 0 Å². The van der Waals surface area contributed by atoms with E-state index in [4.69, 9.17) is 0 Å². The lowest BCUT2D eigenvalue weighted by atomic mass is 10.2. The second kappa shape index (κ2) is 3.34. The third-order valence-electron chi connectivity index (χ3n) is 2.04. The fourth-order valence-electron chi connectivity index (χ4n) is 1.35. The summed E-state index contributed by atoms with van der Waals surface area (Å²) >= 11 is 0. The highest BCUT2D eigenvalue weighted by Gasteiger charge is 2.05. The molecule has 72 valence electrons. The second-order valence-corrected chi connectivity index (χ2v) is 3.89. The fraction of sp³-hybridized carbons (Fsp3) is 0.111. The molecule has 14 heavy (non-hydrogen) atoms. The monoisotopic (exact) mass is 208 g/mol. The number of para-hydroxylation sites is 1. The molecule has 0 amide bonds. The van der Waals surface area contributed by atoms with Crippen LogP contribution >= 0.6 is 0 Å². The van der Waals surface area contributed by atoms with Crippen molar-refractivity contribution in [2.24, 2.45) is 0 Å². The Morgan fingerprint density at radius 1 is 1.21 bits per heavy atom. The van der Waals surface area contributed by atoms with Gasteiger partial charge in [-0.2, -0.15) is 0 Å². The highest BCUT2D eigenvalue weighted by atomic mass is 32.2. The molecule has 0 spiro atoms. The van der Waals surface area contributed by atoms with Gasteiger partial charge in [-0.3, -0.25) is 0 Å². The van der Waals surface area contributed by atoms with Gasteiger partial charge in [-0.15, -0.1) is 0 Å². The Hall–Kier alpha value is -1.49. The van der Waals surface area contributed by atoms with E-state index in [1.54, 1.807) is 12.1 Å². The van der Waals surface area contributed by atoms with Gasteiger partial charge >= 0.3 is 0 Å². The normalized spacial score (nSPS) is 11.0. The number of fused-ring (bicyclic) bond motifs is 1. The number of aromatic nitrogens is 2. The Labute approximate surface area is 82.6 Å². The summed E-state index contributed by atoms with van der Waals surface area (Å²) in [6, 6.07) is 5.05. The van der Waals surface area contributed by atoms with Gasteiger partial charge in [0.2, 0.25) is 0 Å². The van der Waals surface area contributed by atoms with E-state index in [1.165, 1.54) is 6.33 Å². The van der Waals surface area contributed by atoms with Gasteiger partial charge in [-0.05, 0) is 13.0 Å². The van der Waals surface area contributed by atoms with Gasteiger partial charge in [-0.25, -0.2) is 18.4 Å². The van der Waals surface area contributed by atoms with Crippen LogP contribution in [-0.4, -0.2) is 18.4 Å². The molecule has 4 nitrogen and oxygen atoms in total. The summed E-state index contributed by atoms with van der Waals surface area (Å²) in [7, 11) is -2.60. The molecule has 1 aromatic carbocycles. The smallest absolute Gasteiger partial charge is 0.170 e. The van der Waals surface area contributed by atoms with Crippen LogP contribution in [0, 0.1) is 6.92 Å². The molecule has 5 heteroatoms. The minimum atomic E-state index is -2.60. The van der Waals surface area contributed by atoms with Crippen molar-refractivity contribution in [2.75, 3.05) is 0 Å². The van der Waals surface area contributed by atoms with Gasteiger partial charge in [0.15, 0.2) is 10.7 Å². The van der Waals surface area contributed by atoms with Crippen LogP contribution in [0.2, 0.25) is 0 Å². The van der Waals surface area contributed by atoms with E-state index in [2.05, 4.69) is 9.97 Å². The van der Waals surface area contributed by atoms with Gasteiger partial charge < -0.3 is 0 Å². The van der Waals surface area contributed by atoms with E-state index in [9.17, 15) is 8.42 Å². The van der Waals surface area contributed by atoms with Crippen molar-refractivity contribution in [3.05, 3.63) is 30.2 Å². The molecule has 0 fully saturated rings. The number of rotatable bonds is 1. The molecule has 0 aliphatic carbocycles. The van der Waals surface area contributed by atoms with Crippen molar-refractivity contribution in [1.82, 2.24) is 9.97 Å². The Balaban J connectivity index is 2.95. The van der Waals surface area contributed by atoms with Gasteiger partial charge in [0, 0.05) is 11.1 Å². The second-order valence-electron chi connectivity index (χ2n) is 2.89. The van der Waals surface area contributed by atoms with Crippen LogP contribution in [0.1, 0.15) is 5.69 Å². The van der Waals surface area contributed by atoms with Gasteiger partial charge in [0.05, 0.1) is 10.4 Å². The molecule has 0 saturated heterocycles. The molecular formula is C9H8N2O2S. The molecule has 1 aromatic heterocycles. The molecule has 0 unspecified atom stereocenters. The van der Waals surface area contributed by atoms with Crippen molar-refractivity contribution < 1.29 is 8.42 Å². The molecule has 0 bridgehead atoms. The summed E-state index contributed by atoms with van der Waals surface area (Å²) in [5, 5.41) is 0.782. The topological polar surface area (TPSA) is 59.9 Å². The molecule has 2 rings (SSSR count). The summed E-state index contributed by atoms with van der Waals surface area (Å²) < 4.78 is 21.8. The van der Waals surface area contributed by atoms with Gasteiger partial charge in [0.25, 0.3) is 0 Å². The van der Waals surface area contributed by atoms with Crippen molar-refractivity contribution in [1.29, 1.82) is 0 Å². The maximum Gasteiger partial charge on any atom is 0.170 e. The largest absolute Gasteiger partial charge is 0.241 e. The zero-order valence-electron chi connectivity index (χ0n) is 7.47. The Morgan fingerprint density at radius 3 is 2.71 bits per heavy atom. The standard InChI is InChI=1S/C9H8N2O2S/c1-6-7-3-2-4-8(14(12)13)9(7)11-5-10-6/h2-5,14H,1H3. The molecule has 2 aromatic rings. The van der Waals surface area contributed by atoms with Crippen molar-refractivity contribution in [3.8, 4) is 0 Å². The van der Waals surface area contributed by atoms with Crippen LogP contribution in [0.25, 0.3) is 10.9 Å². The number of thiol groups is 1. The van der Waals surface area contributed by atoms with Gasteiger partial charge in [0.1, 0.15) is 6.33 Å². The molecule has 0 N–H and O–H groups in total. The Kier molecular flexibility index (Phi) is 2.17. The van der Waals surface area contributed by atoms with Crippen LogP contribution in [-0.2, 0) is 10.7 Å². The van der Waals surface area contributed by atoms with E-state index in [0.29, 0.717) is 5.52 Å². The first-order chi connectivity index (χ1) is 6.70. The first-order valence-corrected chi connectivity index (χ1v) is 5.22. The Morgan fingerprint density at radius 2 is 2.00 bits per heavy atom. The fourth-order valence-corrected chi connectivity index (χ4v) is 1.91. The first kappa shape index (κ1) is 9.08. The number of benzene rings is 1. The number of nitrogens with zero attached hydrogens (tertiary/aromatic N) is 2. The van der Waals surface area contributed by atoms with Crippen LogP contribution < -0.4 is 0 Å². The average molecular weight is 208 g/mol. The quantitative estimate of drug-likeness (QED) is 0.707. The summed E-state index contributed by atoms with van der Waals surface area (Å²) in [5.74, 6) is 0. The molecular weight excluding hydrogens is 200 g/mol. The minimum absolute atomic E-state index is 0.253. The van der Waals surface area contributed by atoms with E-state index in [1.807, 2.05) is 13.0 Å². The highest BCUT2D eigenvalue weighted by Crippen LogP contribution is 2.18. The third kappa shape index (κ3) is 1.35. The molecule has 0 radical (unpaired) electrons. The van der Waals surface area contributed by atoms with E-state index < -0.39 is 10.7 Å². The van der Waals surface area contributed by atoms with Crippen molar-refractivity contribution in [3.63, 3.8) is 0 Å². The lowest BCUT2D eigenvalue weighted by molar-refractivity contribution is 0.615. The molecule has 1 heterocycles. The summed E-state index contributed by atoms with van der Waals surface area (Å²) in [6.45, 7) is 1.83. The van der Waals surface area contributed by atoms with Gasteiger partial charge in [-0.1, -0.05) is 12.1 Å². The minimum Gasteiger partial charge on any atom is -0.241 e. The molecule has 0 atom stereocenters. The number of hydrogen-bond acceptors (Lipinski definition) is 4. The van der Waals surface area contributed by atoms with E-state index in [-0.39, 0.29) is 4.90 Å². The summed E-state index contributed by atoms with van der Waals surface area (Å²) in [4.78, 5) is 8.22. The van der Waals surface area contributed by atoms with Crippen LogP contribution in [0.5, 0.6) is 0 Å². The first-order valence-electron chi connectivity index (χ1n) is 4.05.